The SMILES string of the molecule is O=S1(=O)CCC(CNCC2CNNC2c2ccccc2)C1. The monoisotopic (exact) mass is 309 g/mol. The first-order valence-corrected chi connectivity index (χ1v) is 9.41. The van der Waals surface area contributed by atoms with Crippen molar-refractivity contribution in [1.29, 1.82) is 0 Å². The Morgan fingerprint density at radius 1 is 1.19 bits per heavy atom. The molecule has 0 amide bonds. The number of hydrazine groups is 1. The maximum Gasteiger partial charge on any atom is 0.150 e. The minimum absolute atomic E-state index is 0.285. The molecule has 0 bridgehead atoms. The second-order valence-electron chi connectivity index (χ2n) is 6.10. The Bertz CT molecular complexity index is 562. The highest BCUT2D eigenvalue weighted by Crippen LogP contribution is 2.24. The summed E-state index contributed by atoms with van der Waals surface area (Å²) in [5.41, 5.74) is 7.84. The summed E-state index contributed by atoms with van der Waals surface area (Å²) in [7, 11) is -2.76. The normalized spacial score (nSPS) is 31.5. The van der Waals surface area contributed by atoms with Gasteiger partial charge in [-0.2, -0.15) is 0 Å². The first-order chi connectivity index (χ1) is 10.1. The highest BCUT2D eigenvalue weighted by molar-refractivity contribution is 7.91. The van der Waals surface area contributed by atoms with Crippen LogP contribution in [0.5, 0.6) is 0 Å². The topological polar surface area (TPSA) is 70.2 Å². The van der Waals surface area contributed by atoms with E-state index in [-0.39, 0.29) is 5.92 Å². The fraction of sp³-hybridized carbons (Fsp3) is 0.600. The van der Waals surface area contributed by atoms with Crippen LogP contribution in [0.1, 0.15) is 18.0 Å². The van der Waals surface area contributed by atoms with E-state index in [0.717, 1.165) is 26.1 Å². The number of benzene rings is 1. The maximum atomic E-state index is 11.4. The second kappa shape index (κ2) is 6.44. The predicted molar refractivity (Wildman–Crippen MR) is 83.4 cm³/mol. The Labute approximate surface area is 126 Å². The Morgan fingerprint density at radius 2 is 2.00 bits per heavy atom. The van der Waals surface area contributed by atoms with Gasteiger partial charge in [-0.15, -0.1) is 0 Å². The molecule has 2 aliphatic rings. The van der Waals surface area contributed by atoms with Gasteiger partial charge in [0.25, 0.3) is 0 Å². The van der Waals surface area contributed by atoms with Crippen molar-refractivity contribution in [2.75, 3.05) is 31.1 Å². The van der Waals surface area contributed by atoms with Gasteiger partial charge in [0, 0.05) is 19.0 Å². The molecular weight excluding hydrogens is 286 g/mol. The molecule has 3 N–H and O–H groups in total. The number of sulfone groups is 1. The highest BCUT2D eigenvalue weighted by atomic mass is 32.2. The molecule has 2 aliphatic heterocycles. The van der Waals surface area contributed by atoms with E-state index in [1.807, 2.05) is 6.07 Å². The molecule has 0 aliphatic carbocycles. The zero-order valence-corrected chi connectivity index (χ0v) is 12.9. The highest BCUT2D eigenvalue weighted by Gasteiger charge is 2.30. The van der Waals surface area contributed by atoms with Crippen molar-refractivity contribution in [3.8, 4) is 0 Å². The van der Waals surface area contributed by atoms with Crippen molar-refractivity contribution in [2.24, 2.45) is 11.8 Å². The van der Waals surface area contributed by atoms with E-state index in [1.165, 1.54) is 5.56 Å². The zero-order chi connectivity index (χ0) is 14.7. The first-order valence-electron chi connectivity index (χ1n) is 7.58. The number of rotatable bonds is 5. The molecule has 116 valence electrons. The van der Waals surface area contributed by atoms with Crippen LogP contribution in [0, 0.1) is 11.8 Å². The van der Waals surface area contributed by atoms with Gasteiger partial charge in [0.05, 0.1) is 17.5 Å². The third-order valence-corrected chi connectivity index (χ3v) is 6.26. The molecule has 1 aromatic rings. The summed E-state index contributed by atoms with van der Waals surface area (Å²) < 4.78 is 22.9. The van der Waals surface area contributed by atoms with Crippen LogP contribution in [-0.4, -0.2) is 39.6 Å². The Balaban J connectivity index is 1.49. The molecule has 0 spiro atoms. The van der Waals surface area contributed by atoms with Crippen LogP contribution in [0.4, 0.5) is 0 Å². The van der Waals surface area contributed by atoms with Crippen molar-refractivity contribution in [1.82, 2.24) is 16.2 Å². The lowest BCUT2D eigenvalue weighted by Gasteiger charge is -2.20. The van der Waals surface area contributed by atoms with Gasteiger partial charge >= 0.3 is 0 Å². The van der Waals surface area contributed by atoms with Crippen molar-refractivity contribution in [2.45, 2.75) is 12.5 Å². The average Bonchev–Trinajstić information content (AvgIpc) is 3.06. The van der Waals surface area contributed by atoms with Gasteiger partial charge in [0.15, 0.2) is 9.84 Å². The van der Waals surface area contributed by atoms with Gasteiger partial charge in [-0.1, -0.05) is 30.3 Å². The van der Waals surface area contributed by atoms with Crippen molar-refractivity contribution in [3.63, 3.8) is 0 Å². The molecule has 2 fully saturated rings. The van der Waals surface area contributed by atoms with Gasteiger partial charge in [0.2, 0.25) is 0 Å². The first kappa shape index (κ1) is 15.0. The third-order valence-electron chi connectivity index (χ3n) is 4.42. The molecule has 0 radical (unpaired) electrons. The number of hydrogen-bond acceptors (Lipinski definition) is 5. The summed E-state index contributed by atoms with van der Waals surface area (Å²) in [5.74, 6) is 1.47. The van der Waals surface area contributed by atoms with Crippen LogP contribution in [0.15, 0.2) is 30.3 Å². The lowest BCUT2D eigenvalue weighted by Crippen LogP contribution is -2.32. The number of hydrogen-bond donors (Lipinski definition) is 3. The van der Waals surface area contributed by atoms with Gasteiger partial charge < -0.3 is 5.32 Å². The molecule has 0 saturated carbocycles. The van der Waals surface area contributed by atoms with Crippen LogP contribution in [0.3, 0.4) is 0 Å². The minimum Gasteiger partial charge on any atom is -0.316 e. The maximum absolute atomic E-state index is 11.4. The molecule has 1 aromatic carbocycles. The molecule has 2 saturated heterocycles. The fourth-order valence-corrected chi connectivity index (χ4v) is 5.11. The summed E-state index contributed by atoms with van der Waals surface area (Å²) >= 11 is 0. The van der Waals surface area contributed by atoms with Gasteiger partial charge in [-0.05, 0) is 24.4 Å². The van der Waals surface area contributed by atoms with E-state index in [2.05, 4.69) is 40.4 Å². The second-order valence-corrected chi connectivity index (χ2v) is 8.33. The summed E-state index contributed by atoms with van der Waals surface area (Å²) in [4.78, 5) is 0. The summed E-state index contributed by atoms with van der Waals surface area (Å²) in [5, 5.41) is 3.46. The lowest BCUT2D eigenvalue weighted by atomic mass is 9.95. The number of nitrogens with one attached hydrogen (secondary N) is 3. The van der Waals surface area contributed by atoms with E-state index in [4.69, 9.17) is 0 Å². The van der Waals surface area contributed by atoms with Crippen LogP contribution in [-0.2, 0) is 9.84 Å². The van der Waals surface area contributed by atoms with Gasteiger partial charge in [-0.3, -0.25) is 5.43 Å². The lowest BCUT2D eigenvalue weighted by molar-refractivity contribution is 0.419. The third kappa shape index (κ3) is 3.83. The molecular formula is C15H23N3O2S. The molecule has 0 aromatic heterocycles. The summed E-state index contributed by atoms with van der Waals surface area (Å²) in [6.07, 6.45) is 0.804. The van der Waals surface area contributed by atoms with Gasteiger partial charge in [0.1, 0.15) is 0 Å². The van der Waals surface area contributed by atoms with Crippen molar-refractivity contribution in [3.05, 3.63) is 35.9 Å². The van der Waals surface area contributed by atoms with Crippen molar-refractivity contribution >= 4 is 9.84 Å². The van der Waals surface area contributed by atoms with Crippen molar-refractivity contribution < 1.29 is 8.42 Å². The standard InChI is InChI=1S/C15H23N3O2S/c19-21(20)7-6-12(11-21)8-16-9-14-10-17-18-15(14)13-4-2-1-3-5-13/h1-5,12,14-18H,6-11H2. The van der Waals surface area contributed by atoms with E-state index in [9.17, 15) is 8.42 Å². The van der Waals surface area contributed by atoms with E-state index in [1.54, 1.807) is 0 Å². The predicted octanol–water partition coefficient (Wildman–Crippen LogP) is 0.476. The van der Waals surface area contributed by atoms with Crippen LogP contribution >= 0.6 is 0 Å². The molecule has 6 heteroatoms. The molecule has 3 atom stereocenters. The van der Waals surface area contributed by atoms with E-state index < -0.39 is 9.84 Å². The molecule has 5 nitrogen and oxygen atoms in total. The summed E-state index contributed by atoms with van der Waals surface area (Å²) in [6, 6.07) is 10.7. The summed E-state index contributed by atoms with van der Waals surface area (Å²) in [6.45, 7) is 2.63. The Kier molecular flexibility index (Phi) is 4.59. The Morgan fingerprint density at radius 3 is 2.71 bits per heavy atom. The quantitative estimate of drug-likeness (QED) is 0.738. The molecule has 3 unspecified atom stereocenters. The van der Waals surface area contributed by atoms with Gasteiger partial charge in [-0.25, -0.2) is 13.8 Å². The fourth-order valence-electron chi connectivity index (χ4n) is 3.25. The van der Waals surface area contributed by atoms with Crippen LogP contribution < -0.4 is 16.2 Å². The Hall–Kier alpha value is -0.950. The van der Waals surface area contributed by atoms with E-state index >= 15 is 0 Å². The molecule has 3 rings (SSSR count). The minimum atomic E-state index is -2.76. The van der Waals surface area contributed by atoms with Crippen LogP contribution in [0.25, 0.3) is 0 Å². The zero-order valence-electron chi connectivity index (χ0n) is 12.1. The average molecular weight is 309 g/mol. The largest absolute Gasteiger partial charge is 0.316 e. The van der Waals surface area contributed by atoms with E-state index in [0.29, 0.717) is 23.5 Å². The molecule has 2 heterocycles. The molecule has 21 heavy (non-hydrogen) atoms. The van der Waals surface area contributed by atoms with Crippen LogP contribution in [0.2, 0.25) is 0 Å². The smallest absolute Gasteiger partial charge is 0.150 e.